The van der Waals surface area contributed by atoms with Crippen LogP contribution in [0.2, 0.25) is 0 Å². The summed E-state index contributed by atoms with van der Waals surface area (Å²) in [5.41, 5.74) is 0.980. The van der Waals surface area contributed by atoms with Crippen molar-refractivity contribution in [1.29, 1.82) is 0 Å². The lowest BCUT2D eigenvalue weighted by Gasteiger charge is -2.31. The number of aryl methyl sites for hydroxylation is 1. The van der Waals surface area contributed by atoms with Gasteiger partial charge in [0.1, 0.15) is 4.88 Å². The van der Waals surface area contributed by atoms with E-state index in [4.69, 9.17) is 0 Å². The number of amides is 1. The molecule has 2 rings (SSSR count). The van der Waals surface area contributed by atoms with Gasteiger partial charge in [-0.25, -0.2) is 4.98 Å². The molecule has 1 fully saturated rings. The number of aromatic nitrogens is 1. The standard InChI is InChI=1S/C14H23N3OS/c1-9(2)7-12-13(19-11(4)16-12)14(18)17-6-5-15-10(3)8-17/h9-10,15H,5-8H2,1-4H3/t10-/m1/s1. The Labute approximate surface area is 119 Å². The van der Waals surface area contributed by atoms with Crippen LogP contribution in [0.4, 0.5) is 0 Å². The first-order valence-corrected chi connectivity index (χ1v) is 7.78. The van der Waals surface area contributed by atoms with Gasteiger partial charge in [-0.3, -0.25) is 4.79 Å². The lowest BCUT2D eigenvalue weighted by atomic mass is 10.1. The molecule has 1 aliphatic heterocycles. The number of hydrogen-bond acceptors (Lipinski definition) is 4. The largest absolute Gasteiger partial charge is 0.335 e. The molecule has 1 saturated heterocycles. The summed E-state index contributed by atoms with van der Waals surface area (Å²) in [5.74, 6) is 0.685. The maximum atomic E-state index is 12.6. The average molecular weight is 281 g/mol. The summed E-state index contributed by atoms with van der Waals surface area (Å²) in [6, 6.07) is 0.375. The molecule has 4 nitrogen and oxygen atoms in total. The highest BCUT2D eigenvalue weighted by atomic mass is 32.1. The van der Waals surface area contributed by atoms with Crippen LogP contribution in [0, 0.1) is 12.8 Å². The second-order valence-corrected chi connectivity index (χ2v) is 6.92. The number of nitrogens with zero attached hydrogens (tertiary/aromatic N) is 2. The minimum atomic E-state index is 0.162. The van der Waals surface area contributed by atoms with Crippen molar-refractivity contribution in [3.63, 3.8) is 0 Å². The summed E-state index contributed by atoms with van der Waals surface area (Å²) in [6.45, 7) is 10.9. The molecule has 1 aliphatic rings. The SMILES string of the molecule is Cc1nc(CC(C)C)c(C(=O)N2CCN[C@H](C)C2)s1. The molecule has 0 unspecified atom stereocenters. The van der Waals surface area contributed by atoms with Gasteiger partial charge in [0.25, 0.3) is 5.91 Å². The Morgan fingerprint density at radius 2 is 2.32 bits per heavy atom. The van der Waals surface area contributed by atoms with Crippen LogP contribution in [-0.2, 0) is 6.42 Å². The van der Waals surface area contributed by atoms with E-state index in [2.05, 4.69) is 31.1 Å². The summed E-state index contributed by atoms with van der Waals surface area (Å²) in [7, 11) is 0. The maximum Gasteiger partial charge on any atom is 0.265 e. The quantitative estimate of drug-likeness (QED) is 0.922. The normalized spacial score (nSPS) is 20.1. The maximum absolute atomic E-state index is 12.6. The molecule has 0 saturated carbocycles. The molecule has 0 spiro atoms. The summed E-state index contributed by atoms with van der Waals surface area (Å²) in [4.78, 5) is 20.0. The topological polar surface area (TPSA) is 45.2 Å². The molecule has 5 heteroatoms. The van der Waals surface area contributed by atoms with Gasteiger partial charge in [-0.05, 0) is 26.2 Å². The lowest BCUT2D eigenvalue weighted by molar-refractivity contribution is 0.0712. The zero-order chi connectivity index (χ0) is 14.0. The van der Waals surface area contributed by atoms with E-state index in [0.29, 0.717) is 12.0 Å². The van der Waals surface area contributed by atoms with Crippen LogP contribution in [0.5, 0.6) is 0 Å². The van der Waals surface area contributed by atoms with E-state index in [0.717, 1.165) is 41.6 Å². The minimum absolute atomic E-state index is 0.162. The number of piperazine rings is 1. The van der Waals surface area contributed by atoms with Crippen LogP contribution in [0.3, 0.4) is 0 Å². The van der Waals surface area contributed by atoms with Gasteiger partial charge in [0, 0.05) is 25.7 Å². The molecule has 19 heavy (non-hydrogen) atoms. The van der Waals surface area contributed by atoms with E-state index in [-0.39, 0.29) is 5.91 Å². The third-order valence-corrected chi connectivity index (χ3v) is 4.26. The van der Waals surface area contributed by atoms with Crippen molar-refractivity contribution >= 4 is 17.2 Å². The number of carbonyl (C=O) groups is 1. The molecule has 1 aromatic rings. The fourth-order valence-electron chi connectivity index (χ4n) is 2.42. The molecule has 106 valence electrons. The lowest BCUT2D eigenvalue weighted by Crippen LogP contribution is -2.51. The Morgan fingerprint density at radius 1 is 1.58 bits per heavy atom. The molecule has 0 aliphatic carbocycles. The van der Waals surface area contributed by atoms with Crippen LogP contribution >= 0.6 is 11.3 Å². The second-order valence-electron chi connectivity index (χ2n) is 5.71. The highest BCUT2D eigenvalue weighted by Gasteiger charge is 2.26. The van der Waals surface area contributed by atoms with Crippen molar-refractivity contribution < 1.29 is 4.79 Å². The monoisotopic (exact) mass is 281 g/mol. The van der Waals surface area contributed by atoms with Crippen molar-refractivity contribution in [2.75, 3.05) is 19.6 Å². The smallest absolute Gasteiger partial charge is 0.265 e. The van der Waals surface area contributed by atoms with Crippen LogP contribution in [0.25, 0.3) is 0 Å². The highest BCUT2D eigenvalue weighted by molar-refractivity contribution is 7.13. The van der Waals surface area contributed by atoms with Gasteiger partial charge in [-0.2, -0.15) is 0 Å². The van der Waals surface area contributed by atoms with Gasteiger partial charge in [0.05, 0.1) is 10.7 Å². The number of thiazole rings is 1. The summed E-state index contributed by atoms with van der Waals surface area (Å²) in [6.07, 6.45) is 0.882. The molecule has 2 heterocycles. The Morgan fingerprint density at radius 3 is 2.95 bits per heavy atom. The molecular weight excluding hydrogens is 258 g/mol. The number of hydrogen-bond donors (Lipinski definition) is 1. The van der Waals surface area contributed by atoms with Crippen LogP contribution in [-0.4, -0.2) is 41.5 Å². The van der Waals surface area contributed by atoms with Gasteiger partial charge < -0.3 is 10.2 Å². The molecule has 1 N–H and O–H groups in total. The molecule has 0 aromatic carbocycles. The molecule has 0 bridgehead atoms. The van der Waals surface area contributed by atoms with E-state index in [1.807, 2.05) is 11.8 Å². The molecule has 1 aromatic heterocycles. The van der Waals surface area contributed by atoms with E-state index < -0.39 is 0 Å². The average Bonchev–Trinajstić information content (AvgIpc) is 2.68. The zero-order valence-electron chi connectivity index (χ0n) is 12.2. The number of nitrogens with one attached hydrogen (secondary N) is 1. The Kier molecular flexibility index (Phi) is 4.58. The van der Waals surface area contributed by atoms with Crippen LogP contribution in [0.15, 0.2) is 0 Å². The summed E-state index contributed by atoms with van der Waals surface area (Å²) >= 11 is 1.54. The van der Waals surface area contributed by atoms with E-state index in [1.54, 1.807) is 0 Å². The van der Waals surface area contributed by atoms with Crippen molar-refractivity contribution in [2.45, 2.75) is 40.2 Å². The number of carbonyl (C=O) groups excluding carboxylic acids is 1. The van der Waals surface area contributed by atoms with E-state index in [9.17, 15) is 4.79 Å². The first kappa shape index (κ1) is 14.5. The Hall–Kier alpha value is -0.940. The van der Waals surface area contributed by atoms with E-state index >= 15 is 0 Å². The van der Waals surface area contributed by atoms with Crippen LogP contribution < -0.4 is 5.32 Å². The number of rotatable bonds is 3. The summed E-state index contributed by atoms with van der Waals surface area (Å²) in [5, 5.41) is 4.35. The fraction of sp³-hybridized carbons (Fsp3) is 0.714. The fourth-order valence-corrected chi connectivity index (χ4v) is 3.34. The minimum Gasteiger partial charge on any atom is -0.335 e. The predicted octanol–water partition coefficient (Wildman–Crippen LogP) is 2.08. The second kappa shape index (κ2) is 6.01. The van der Waals surface area contributed by atoms with Crippen LogP contribution in [0.1, 0.15) is 41.1 Å². The van der Waals surface area contributed by atoms with Gasteiger partial charge in [0.15, 0.2) is 0 Å². The van der Waals surface area contributed by atoms with E-state index in [1.165, 1.54) is 11.3 Å². The van der Waals surface area contributed by atoms with Crippen molar-refractivity contribution in [1.82, 2.24) is 15.2 Å². The van der Waals surface area contributed by atoms with Gasteiger partial charge in [-0.15, -0.1) is 11.3 Å². The van der Waals surface area contributed by atoms with Crippen molar-refractivity contribution in [3.05, 3.63) is 15.6 Å². The van der Waals surface area contributed by atoms with Crippen molar-refractivity contribution in [3.8, 4) is 0 Å². The first-order chi connectivity index (χ1) is 8.97. The third-order valence-electron chi connectivity index (χ3n) is 3.26. The Bertz CT molecular complexity index is 456. The highest BCUT2D eigenvalue weighted by Crippen LogP contribution is 2.23. The van der Waals surface area contributed by atoms with Gasteiger partial charge in [-0.1, -0.05) is 13.8 Å². The predicted molar refractivity (Wildman–Crippen MR) is 78.8 cm³/mol. The molecule has 0 radical (unpaired) electrons. The Balaban J connectivity index is 2.18. The molecular formula is C14H23N3OS. The molecule has 1 atom stereocenters. The first-order valence-electron chi connectivity index (χ1n) is 6.96. The summed E-state index contributed by atoms with van der Waals surface area (Å²) < 4.78 is 0. The third kappa shape index (κ3) is 3.54. The van der Waals surface area contributed by atoms with Gasteiger partial charge in [0.2, 0.25) is 0 Å². The molecule has 1 amide bonds. The zero-order valence-corrected chi connectivity index (χ0v) is 13.0. The van der Waals surface area contributed by atoms with Gasteiger partial charge >= 0.3 is 0 Å². The van der Waals surface area contributed by atoms with Crippen molar-refractivity contribution in [2.24, 2.45) is 5.92 Å².